The third-order valence-electron chi connectivity index (χ3n) is 2.88. The van der Waals surface area contributed by atoms with E-state index in [1.54, 1.807) is 42.5 Å². The lowest BCUT2D eigenvalue weighted by Gasteiger charge is -2.07. The van der Waals surface area contributed by atoms with Crippen molar-refractivity contribution in [2.24, 2.45) is 5.73 Å². The minimum atomic E-state index is -3.31. The van der Waals surface area contributed by atoms with Gasteiger partial charge in [-0.25, -0.2) is 16.8 Å². The lowest BCUT2D eigenvalue weighted by molar-refractivity contribution is 0.605. The fraction of sp³-hybridized carbons (Fsp3) is 0.188. The molecule has 0 saturated carbocycles. The predicted molar refractivity (Wildman–Crippen MR) is 102 cm³/mol. The van der Waals surface area contributed by atoms with Crippen LogP contribution in [0.2, 0.25) is 0 Å². The molecule has 0 unspecified atom stereocenters. The first-order valence-electron chi connectivity index (χ1n) is 7.28. The first-order valence-corrected chi connectivity index (χ1v) is 11.1. The van der Waals surface area contributed by atoms with Gasteiger partial charge in [-0.3, -0.25) is 9.44 Å². The summed E-state index contributed by atoms with van der Waals surface area (Å²) in [6.07, 6.45) is 2.15. The lowest BCUT2D eigenvalue weighted by Crippen LogP contribution is -2.12. The van der Waals surface area contributed by atoms with Crippen LogP contribution in [-0.4, -0.2) is 29.3 Å². The van der Waals surface area contributed by atoms with Gasteiger partial charge in [0.1, 0.15) is 6.07 Å². The summed E-state index contributed by atoms with van der Waals surface area (Å²) in [5, 5.41) is 8.63. The molecule has 0 aliphatic heterocycles. The van der Waals surface area contributed by atoms with Gasteiger partial charge in [-0.2, -0.15) is 5.26 Å². The van der Waals surface area contributed by atoms with E-state index in [1.165, 1.54) is 0 Å². The smallest absolute Gasteiger partial charge is 0.229 e. The second-order valence-corrected chi connectivity index (χ2v) is 8.76. The van der Waals surface area contributed by atoms with Crippen molar-refractivity contribution in [3.63, 3.8) is 0 Å². The molecule has 2 aromatic rings. The zero-order valence-electron chi connectivity index (χ0n) is 14.3. The molecule has 10 heteroatoms. The quantitative estimate of drug-likeness (QED) is 0.698. The van der Waals surface area contributed by atoms with Crippen molar-refractivity contribution in [1.82, 2.24) is 0 Å². The third-order valence-corrected chi connectivity index (χ3v) is 4.06. The molecule has 26 heavy (non-hydrogen) atoms. The summed E-state index contributed by atoms with van der Waals surface area (Å²) in [6, 6.07) is 15.4. The van der Waals surface area contributed by atoms with Gasteiger partial charge in [-0.15, -0.1) is 0 Å². The molecule has 0 aromatic heterocycles. The summed E-state index contributed by atoms with van der Waals surface area (Å²) in [4.78, 5) is 0. The summed E-state index contributed by atoms with van der Waals surface area (Å²) >= 11 is 0. The fourth-order valence-corrected chi connectivity index (χ4v) is 3.04. The van der Waals surface area contributed by atoms with Crippen LogP contribution < -0.4 is 15.2 Å². The Morgan fingerprint density at radius 1 is 0.885 bits per heavy atom. The number of nitrogens with zero attached hydrogens (tertiary/aromatic N) is 1. The van der Waals surface area contributed by atoms with Crippen LogP contribution in [0.5, 0.6) is 0 Å². The average Bonchev–Trinajstić information content (AvgIpc) is 2.53. The lowest BCUT2D eigenvalue weighted by atomic mass is 10.2. The summed E-state index contributed by atoms with van der Waals surface area (Å²) in [5.74, 6) is 0. The number of sulfonamides is 2. The Hall–Kier alpha value is -2.61. The van der Waals surface area contributed by atoms with Gasteiger partial charge in [0.05, 0.1) is 29.4 Å². The van der Waals surface area contributed by atoms with Crippen LogP contribution in [0.1, 0.15) is 11.1 Å². The van der Waals surface area contributed by atoms with Gasteiger partial charge >= 0.3 is 0 Å². The van der Waals surface area contributed by atoms with Gasteiger partial charge in [0, 0.05) is 6.54 Å². The highest BCUT2D eigenvalue weighted by Gasteiger charge is 2.05. The highest BCUT2D eigenvalue weighted by molar-refractivity contribution is 7.92. The van der Waals surface area contributed by atoms with E-state index in [0.717, 1.165) is 18.1 Å². The molecule has 8 nitrogen and oxygen atoms in total. The summed E-state index contributed by atoms with van der Waals surface area (Å²) in [7, 11) is -6.53. The number of rotatable bonds is 5. The monoisotopic (exact) mass is 396 g/mol. The Balaban J connectivity index is 0.000000260. The van der Waals surface area contributed by atoms with Crippen molar-refractivity contribution in [2.75, 3.05) is 22.0 Å². The van der Waals surface area contributed by atoms with Gasteiger partial charge in [0.2, 0.25) is 20.0 Å². The number of para-hydroxylation sites is 2. The molecule has 2 rings (SSSR count). The van der Waals surface area contributed by atoms with Crippen LogP contribution in [0, 0.1) is 11.3 Å². The van der Waals surface area contributed by atoms with Gasteiger partial charge in [0.15, 0.2) is 0 Å². The molecule has 0 heterocycles. The second kappa shape index (κ2) is 9.19. The van der Waals surface area contributed by atoms with E-state index in [9.17, 15) is 16.8 Å². The average molecular weight is 396 g/mol. The normalized spacial score (nSPS) is 10.8. The highest BCUT2D eigenvalue weighted by atomic mass is 32.2. The van der Waals surface area contributed by atoms with Crippen molar-refractivity contribution in [3.8, 4) is 6.07 Å². The molecular weight excluding hydrogens is 376 g/mol. The maximum absolute atomic E-state index is 10.9. The van der Waals surface area contributed by atoms with E-state index in [4.69, 9.17) is 11.0 Å². The van der Waals surface area contributed by atoms with Crippen LogP contribution >= 0.6 is 0 Å². The van der Waals surface area contributed by atoms with Gasteiger partial charge in [-0.1, -0.05) is 30.3 Å². The van der Waals surface area contributed by atoms with Gasteiger partial charge < -0.3 is 5.73 Å². The minimum Gasteiger partial charge on any atom is -0.326 e. The molecule has 0 atom stereocenters. The SMILES string of the molecule is CS(=O)(=O)Nc1ccccc1C#N.CS(=O)(=O)Nc1ccccc1CN. The number of hydrogen-bond acceptors (Lipinski definition) is 6. The number of benzene rings is 2. The van der Waals surface area contributed by atoms with E-state index in [-0.39, 0.29) is 0 Å². The molecule has 0 radical (unpaired) electrons. The first kappa shape index (κ1) is 21.4. The first-order chi connectivity index (χ1) is 12.1. The van der Waals surface area contributed by atoms with Crippen LogP contribution in [-0.2, 0) is 26.6 Å². The number of nitrogens with two attached hydrogens (primary N) is 1. The maximum Gasteiger partial charge on any atom is 0.229 e. The van der Waals surface area contributed by atoms with Gasteiger partial charge in [0.25, 0.3) is 0 Å². The van der Waals surface area contributed by atoms with Gasteiger partial charge in [-0.05, 0) is 23.8 Å². The van der Waals surface area contributed by atoms with Crippen molar-refractivity contribution < 1.29 is 16.8 Å². The molecule has 0 aliphatic carbocycles. The Labute approximate surface area is 153 Å². The fourth-order valence-electron chi connectivity index (χ4n) is 1.87. The number of hydrogen-bond donors (Lipinski definition) is 3. The number of nitrogens with one attached hydrogen (secondary N) is 2. The molecule has 140 valence electrons. The van der Waals surface area contributed by atoms with Crippen molar-refractivity contribution in [2.45, 2.75) is 6.54 Å². The largest absolute Gasteiger partial charge is 0.326 e. The van der Waals surface area contributed by atoms with E-state index >= 15 is 0 Å². The molecule has 0 spiro atoms. The van der Waals surface area contributed by atoms with Crippen molar-refractivity contribution in [3.05, 3.63) is 59.7 Å². The molecule has 2 aromatic carbocycles. The predicted octanol–water partition coefficient (Wildman–Crippen LogP) is 1.45. The standard InChI is InChI=1S/C8H12N2O2S.C8H8N2O2S/c2*1-13(11,12)10-8-5-3-2-4-7(8)6-9/h2-5,10H,6,9H2,1H3;2-5,10H,1H3. The van der Waals surface area contributed by atoms with Crippen LogP contribution in [0.4, 0.5) is 11.4 Å². The molecule has 0 aliphatic rings. The van der Waals surface area contributed by atoms with Crippen LogP contribution in [0.25, 0.3) is 0 Å². The zero-order chi connectivity index (χ0) is 19.8. The van der Waals surface area contributed by atoms with E-state index < -0.39 is 20.0 Å². The summed E-state index contributed by atoms with van der Waals surface area (Å²) in [5.41, 5.74) is 7.39. The van der Waals surface area contributed by atoms with E-state index in [2.05, 4.69) is 9.44 Å². The topological polar surface area (TPSA) is 142 Å². The molecule has 0 bridgehead atoms. The van der Waals surface area contributed by atoms with Crippen molar-refractivity contribution in [1.29, 1.82) is 5.26 Å². The Bertz CT molecular complexity index is 997. The third kappa shape index (κ3) is 7.98. The Morgan fingerprint density at radius 2 is 1.35 bits per heavy atom. The highest BCUT2D eigenvalue weighted by Crippen LogP contribution is 2.15. The molecule has 4 N–H and O–H groups in total. The van der Waals surface area contributed by atoms with Crippen molar-refractivity contribution >= 4 is 31.4 Å². The Kier molecular flexibility index (Phi) is 7.57. The van der Waals surface area contributed by atoms with E-state index in [0.29, 0.717) is 23.5 Å². The molecule has 0 saturated heterocycles. The van der Waals surface area contributed by atoms with Crippen LogP contribution in [0.15, 0.2) is 48.5 Å². The van der Waals surface area contributed by atoms with E-state index in [1.807, 2.05) is 12.1 Å². The van der Waals surface area contributed by atoms with Crippen LogP contribution in [0.3, 0.4) is 0 Å². The zero-order valence-corrected chi connectivity index (χ0v) is 15.9. The number of nitriles is 1. The second-order valence-electron chi connectivity index (χ2n) is 5.27. The molecule has 0 fully saturated rings. The molecule has 0 amide bonds. The minimum absolute atomic E-state index is 0.313. The Morgan fingerprint density at radius 3 is 1.85 bits per heavy atom. The molecular formula is C16H20N4O4S2. The maximum atomic E-state index is 10.9. The number of anilines is 2. The summed E-state index contributed by atoms with van der Waals surface area (Å²) < 4.78 is 48.2. The summed E-state index contributed by atoms with van der Waals surface area (Å²) in [6.45, 7) is 0.318.